The van der Waals surface area contributed by atoms with E-state index in [-0.39, 0.29) is 34.3 Å². The lowest BCUT2D eigenvalue weighted by Crippen LogP contribution is -2.39. The topological polar surface area (TPSA) is 77.0 Å². The van der Waals surface area contributed by atoms with Gasteiger partial charge in [-0.1, -0.05) is 5.16 Å². The van der Waals surface area contributed by atoms with E-state index in [9.17, 15) is 18.0 Å². The van der Waals surface area contributed by atoms with E-state index in [0.717, 1.165) is 6.07 Å². The van der Waals surface area contributed by atoms with E-state index in [1.807, 2.05) is 4.57 Å². The molecule has 1 aliphatic rings. The smallest absolute Gasteiger partial charge is 0.342 e. The van der Waals surface area contributed by atoms with Crippen LogP contribution in [0.15, 0.2) is 29.3 Å². The molecular weight excluding hydrogens is 387 g/mol. The molecule has 7 nitrogen and oxygen atoms in total. The molecule has 10 heteroatoms. The maximum absolute atomic E-state index is 13.6. The number of carbonyl (C=O) groups excluding carboxylic acids is 1. The molecule has 1 amide bonds. The Balaban J connectivity index is 1.55. The zero-order valence-electron chi connectivity index (χ0n) is 15.8. The Bertz CT molecular complexity index is 1010. The number of fused-ring (bicyclic) bond motifs is 1. The maximum Gasteiger partial charge on any atom is 0.417 e. The second-order valence-corrected chi connectivity index (χ2v) is 7.27. The highest BCUT2D eigenvalue weighted by Crippen LogP contribution is 2.38. The molecule has 1 unspecified atom stereocenters. The molecular formula is C19H20F3N5O2. The van der Waals surface area contributed by atoms with Gasteiger partial charge in [-0.3, -0.25) is 4.79 Å². The lowest BCUT2D eigenvalue weighted by atomic mass is 9.92. The summed E-state index contributed by atoms with van der Waals surface area (Å²) in [6.07, 6.45) is 2.21. The summed E-state index contributed by atoms with van der Waals surface area (Å²) in [5.41, 5.74) is -0.463. The van der Waals surface area contributed by atoms with Gasteiger partial charge in [-0.25, -0.2) is 9.97 Å². The fourth-order valence-electron chi connectivity index (χ4n) is 3.79. The Morgan fingerprint density at radius 1 is 1.38 bits per heavy atom. The number of piperidine rings is 1. The van der Waals surface area contributed by atoms with Crippen LogP contribution in [0.3, 0.4) is 0 Å². The number of amides is 1. The van der Waals surface area contributed by atoms with Crippen molar-refractivity contribution in [3.8, 4) is 0 Å². The third-order valence-corrected chi connectivity index (χ3v) is 5.28. The number of imidazole rings is 1. The molecule has 154 valence electrons. The molecule has 4 rings (SSSR count). The summed E-state index contributed by atoms with van der Waals surface area (Å²) in [6.45, 7) is 2.91. The zero-order chi connectivity index (χ0) is 20.6. The van der Waals surface area contributed by atoms with E-state index >= 15 is 0 Å². The Morgan fingerprint density at radius 2 is 2.21 bits per heavy atom. The van der Waals surface area contributed by atoms with Crippen LogP contribution < -0.4 is 0 Å². The van der Waals surface area contributed by atoms with Crippen molar-refractivity contribution in [2.45, 2.75) is 44.8 Å². The summed E-state index contributed by atoms with van der Waals surface area (Å²) in [5, 5.41) is 3.53. The van der Waals surface area contributed by atoms with Crippen LogP contribution in [0.4, 0.5) is 13.2 Å². The Morgan fingerprint density at radius 3 is 2.93 bits per heavy atom. The molecule has 0 N–H and O–H groups in total. The minimum absolute atomic E-state index is 0.0315. The highest BCUT2D eigenvalue weighted by atomic mass is 19.4. The maximum atomic E-state index is 13.6. The molecule has 3 aromatic heterocycles. The van der Waals surface area contributed by atoms with Gasteiger partial charge < -0.3 is 14.0 Å². The summed E-state index contributed by atoms with van der Waals surface area (Å²) >= 11 is 0. The average Bonchev–Trinajstić information content (AvgIpc) is 3.35. The minimum Gasteiger partial charge on any atom is -0.342 e. The quantitative estimate of drug-likeness (QED) is 0.661. The van der Waals surface area contributed by atoms with Crippen molar-refractivity contribution < 1.29 is 22.5 Å². The van der Waals surface area contributed by atoms with Gasteiger partial charge in [0.25, 0.3) is 5.71 Å². The largest absolute Gasteiger partial charge is 0.417 e. The monoisotopic (exact) mass is 407 g/mol. The average molecular weight is 407 g/mol. The van der Waals surface area contributed by atoms with E-state index in [0.29, 0.717) is 38.9 Å². The molecule has 1 aliphatic heterocycles. The Hall–Kier alpha value is -2.91. The summed E-state index contributed by atoms with van der Waals surface area (Å²) in [6, 6.07) is 1.08. The molecule has 0 bridgehead atoms. The van der Waals surface area contributed by atoms with Gasteiger partial charge in [0, 0.05) is 44.4 Å². The number of aromatic nitrogens is 4. The SMILES string of the molecule is Cc1noc2nc(C3CCCN(C(=O)CCn4ccnc4)C3)cc(C(F)(F)F)c12. The van der Waals surface area contributed by atoms with Gasteiger partial charge in [-0.05, 0) is 25.8 Å². The summed E-state index contributed by atoms with van der Waals surface area (Å²) in [5.74, 6) is -0.312. The summed E-state index contributed by atoms with van der Waals surface area (Å²) in [7, 11) is 0. The summed E-state index contributed by atoms with van der Waals surface area (Å²) in [4.78, 5) is 22.5. The molecule has 29 heavy (non-hydrogen) atoms. The molecule has 1 atom stereocenters. The highest BCUT2D eigenvalue weighted by Gasteiger charge is 2.37. The lowest BCUT2D eigenvalue weighted by Gasteiger charge is -2.32. The molecule has 0 radical (unpaired) electrons. The molecule has 1 fully saturated rings. The number of rotatable bonds is 4. The molecule has 0 aliphatic carbocycles. The number of pyridine rings is 1. The predicted molar refractivity (Wildman–Crippen MR) is 96.9 cm³/mol. The van der Waals surface area contributed by atoms with Gasteiger partial charge in [0.2, 0.25) is 5.91 Å². The molecule has 0 saturated carbocycles. The molecule has 0 aromatic carbocycles. The van der Waals surface area contributed by atoms with E-state index in [1.165, 1.54) is 6.92 Å². The fourth-order valence-corrected chi connectivity index (χ4v) is 3.79. The van der Waals surface area contributed by atoms with Crippen molar-refractivity contribution in [2.75, 3.05) is 13.1 Å². The van der Waals surface area contributed by atoms with Crippen molar-refractivity contribution in [1.29, 1.82) is 0 Å². The van der Waals surface area contributed by atoms with Crippen LogP contribution in [0, 0.1) is 6.92 Å². The fraction of sp³-hybridized carbons (Fsp3) is 0.474. The van der Waals surface area contributed by atoms with Gasteiger partial charge in [0.15, 0.2) is 0 Å². The minimum atomic E-state index is -4.54. The number of likely N-dealkylation sites (tertiary alicyclic amines) is 1. The molecule has 4 heterocycles. The number of carbonyl (C=O) groups is 1. The second-order valence-electron chi connectivity index (χ2n) is 7.27. The molecule has 3 aromatic rings. The van der Waals surface area contributed by atoms with Crippen LogP contribution in [-0.4, -0.2) is 43.6 Å². The van der Waals surface area contributed by atoms with Crippen LogP contribution in [-0.2, 0) is 17.5 Å². The van der Waals surface area contributed by atoms with Gasteiger partial charge in [0.05, 0.1) is 28.7 Å². The van der Waals surface area contributed by atoms with E-state index in [2.05, 4.69) is 15.1 Å². The van der Waals surface area contributed by atoms with Crippen molar-refractivity contribution >= 4 is 17.0 Å². The van der Waals surface area contributed by atoms with E-state index in [4.69, 9.17) is 4.52 Å². The number of hydrogen-bond acceptors (Lipinski definition) is 5. The number of hydrogen-bond donors (Lipinski definition) is 0. The first-order valence-electron chi connectivity index (χ1n) is 9.40. The lowest BCUT2D eigenvalue weighted by molar-refractivity contribution is -0.136. The third-order valence-electron chi connectivity index (χ3n) is 5.28. The van der Waals surface area contributed by atoms with Gasteiger partial charge in [-0.15, -0.1) is 0 Å². The number of nitrogens with zero attached hydrogens (tertiary/aromatic N) is 5. The number of aryl methyl sites for hydroxylation is 2. The Labute approximate surface area is 164 Å². The first kappa shape index (κ1) is 19.4. The van der Waals surface area contributed by atoms with Crippen LogP contribution in [0.25, 0.3) is 11.1 Å². The zero-order valence-corrected chi connectivity index (χ0v) is 15.8. The van der Waals surface area contributed by atoms with Gasteiger partial charge in [-0.2, -0.15) is 13.2 Å². The Kier molecular flexibility index (Phi) is 5.01. The summed E-state index contributed by atoms with van der Waals surface area (Å²) < 4.78 is 47.6. The van der Waals surface area contributed by atoms with Crippen LogP contribution in [0.1, 0.15) is 42.1 Å². The normalized spacial score (nSPS) is 17.8. The van der Waals surface area contributed by atoms with Crippen LogP contribution in [0.5, 0.6) is 0 Å². The number of halogens is 3. The van der Waals surface area contributed by atoms with Crippen molar-refractivity contribution in [3.05, 3.63) is 41.7 Å². The van der Waals surface area contributed by atoms with Crippen LogP contribution >= 0.6 is 0 Å². The second kappa shape index (κ2) is 7.49. The molecule has 1 saturated heterocycles. The third kappa shape index (κ3) is 3.96. The van der Waals surface area contributed by atoms with E-state index in [1.54, 1.807) is 23.6 Å². The van der Waals surface area contributed by atoms with Crippen molar-refractivity contribution in [2.24, 2.45) is 0 Å². The van der Waals surface area contributed by atoms with Crippen molar-refractivity contribution in [3.63, 3.8) is 0 Å². The van der Waals surface area contributed by atoms with Crippen molar-refractivity contribution in [1.82, 2.24) is 24.6 Å². The van der Waals surface area contributed by atoms with Crippen LogP contribution in [0.2, 0.25) is 0 Å². The number of alkyl halides is 3. The highest BCUT2D eigenvalue weighted by molar-refractivity contribution is 5.81. The van der Waals surface area contributed by atoms with Gasteiger partial charge in [0.1, 0.15) is 0 Å². The van der Waals surface area contributed by atoms with Gasteiger partial charge >= 0.3 is 6.18 Å². The molecule has 0 spiro atoms. The van der Waals surface area contributed by atoms with E-state index < -0.39 is 11.7 Å². The first-order valence-corrected chi connectivity index (χ1v) is 9.40. The standard InChI is InChI=1S/C19H20F3N5O2/c1-12-17-14(19(20,21)22)9-15(24-18(17)29-25-12)13-3-2-6-27(10-13)16(28)4-7-26-8-5-23-11-26/h5,8-9,11,13H,2-4,6-7,10H2,1H3. The predicted octanol–water partition coefficient (Wildman–Crippen LogP) is 3.54. The first-order chi connectivity index (χ1) is 13.8.